The largest absolute Gasteiger partial charge is 0.342 e. The molecule has 0 fully saturated rings. The summed E-state index contributed by atoms with van der Waals surface area (Å²) in [4.78, 5) is 7.79. The summed E-state index contributed by atoms with van der Waals surface area (Å²) in [6, 6.07) is 3.58. The summed E-state index contributed by atoms with van der Waals surface area (Å²) in [5.41, 5.74) is 7.50. The van der Waals surface area contributed by atoms with Crippen molar-refractivity contribution in [2.24, 2.45) is 5.73 Å². The van der Waals surface area contributed by atoms with Crippen LogP contribution in [-0.2, 0) is 0 Å². The molecule has 1 aromatic carbocycles. The average molecular weight is 272 g/mol. The smallest absolute Gasteiger partial charge is 0.111 e. The Morgan fingerprint density at radius 3 is 2.71 bits per heavy atom. The van der Waals surface area contributed by atoms with Crippen molar-refractivity contribution < 1.29 is 0 Å². The molecule has 1 unspecified atom stereocenters. The van der Waals surface area contributed by atoms with Gasteiger partial charge in [0.2, 0.25) is 0 Å². The van der Waals surface area contributed by atoms with Crippen LogP contribution in [-0.4, -0.2) is 16.5 Å². The number of aromatic nitrogens is 2. The van der Waals surface area contributed by atoms with E-state index in [0.717, 1.165) is 29.7 Å². The highest BCUT2D eigenvalue weighted by atomic mass is 35.5. The summed E-state index contributed by atoms with van der Waals surface area (Å²) in [5.74, 6) is 1.19. The first-order chi connectivity index (χ1) is 8.15. The molecule has 0 spiro atoms. The minimum Gasteiger partial charge on any atom is -0.342 e. The minimum absolute atomic E-state index is 0.268. The van der Waals surface area contributed by atoms with E-state index in [1.165, 1.54) is 0 Å². The van der Waals surface area contributed by atoms with Gasteiger partial charge in [-0.25, -0.2) is 4.98 Å². The van der Waals surface area contributed by atoms with Gasteiger partial charge in [-0.05, 0) is 18.6 Å². The van der Waals surface area contributed by atoms with E-state index in [4.69, 9.17) is 28.9 Å². The van der Waals surface area contributed by atoms with Crippen molar-refractivity contribution in [3.63, 3.8) is 0 Å². The van der Waals surface area contributed by atoms with Gasteiger partial charge >= 0.3 is 0 Å². The number of nitrogens with two attached hydrogens (primary N) is 1. The van der Waals surface area contributed by atoms with Crippen molar-refractivity contribution in [3.8, 4) is 0 Å². The van der Waals surface area contributed by atoms with Crippen molar-refractivity contribution in [2.45, 2.75) is 25.7 Å². The number of fused-ring (bicyclic) bond motifs is 1. The molecule has 1 heterocycles. The van der Waals surface area contributed by atoms with Crippen molar-refractivity contribution in [1.82, 2.24) is 9.97 Å². The molecule has 0 bridgehead atoms. The van der Waals surface area contributed by atoms with E-state index in [2.05, 4.69) is 16.9 Å². The van der Waals surface area contributed by atoms with Crippen molar-refractivity contribution in [1.29, 1.82) is 0 Å². The van der Waals surface area contributed by atoms with E-state index in [-0.39, 0.29) is 5.92 Å². The molecule has 3 nitrogen and oxygen atoms in total. The van der Waals surface area contributed by atoms with Crippen LogP contribution in [0.25, 0.3) is 11.0 Å². The fraction of sp³-hybridized carbons (Fsp3) is 0.417. The SMILES string of the molecule is CCCC(CN)c1nc2cc(Cl)c(Cl)cc2[nH]1. The highest BCUT2D eigenvalue weighted by Crippen LogP contribution is 2.28. The maximum absolute atomic E-state index is 5.97. The Morgan fingerprint density at radius 2 is 2.06 bits per heavy atom. The van der Waals surface area contributed by atoms with E-state index in [9.17, 15) is 0 Å². The molecular formula is C12H15Cl2N3. The third kappa shape index (κ3) is 2.57. The number of aromatic amines is 1. The quantitative estimate of drug-likeness (QED) is 0.891. The van der Waals surface area contributed by atoms with Gasteiger partial charge in [0.25, 0.3) is 0 Å². The molecule has 0 aliphatic rings. The molecule has 0 amide bonds. The maximum Gasteiger partial charge on any atom is 0.111 e. The highest BCUT2D eigenvalue weighted by Gasteiger charge is 2.14. The second kappa shape index (κ2) is 5.25. The number of benzene rings is 1. The molecule has 0 aliphatic carbocycles. The first-order valence-electron chi connectivity index (χ1n) is 5.70. The Labute approximate surface area is 110 Å². The summed E-state index contributed by atoms with van der Waals surface area (Å²) in [6.45, 7) is 2.73. The van der Waals surface area contributed by atoms with Crippen LogP contribution in [0.1, 0.15) is 31.5 Å². The van der Waals surface area contributed by atoms with Crippen LogP contribution < -0.4 is 5.73 Å². The van der Waals surface area contributed by atoms with E-state index in [1.54, 1.807) is 12.1 Å². The molecule has 0 radical (unpaired) electrons. The number of rotatable bonds is 4. The van der Waals surface area contributed by atoms with Crippen LogP contribution in [0, 0.1) is 0 Å². The molecule has 2 aromatic rings. The van der Waals surface area contributed by atoms with E-state index >= 15 is 0 Å². The Balaban J connectivity index is 2.43. The van der Waals surface area contributed by atoms with Gasteiger partial charge in [-0.2, -0.15) is 0 Å². The fourth-order valence-corrected chi connectivity index (χ4v) is 2.25. The third-order valence-electron chi connectivity index (χ3n) is 2.85. The Hall–Kier alpha value is -0.770. The summed E-state index contributed by atoms with van der Waals surface area (Å²) in [6.07, 6.45) is 2.11. The molecule has 0 aliphatic heterocycles. The Morgan fingerprint density at radius 1 is 1.35 bits per heavy atom. The zero-order valence-corrected chi connectivity index (χ0v) is 11.1. The molecule has 2 rings (SSSR count). The van der Waals surface area contributed by atoms with Gasteiger partial charge in [0.1, 0.15) is 5.82 Å². The summed E-state index contributed by atoms with van der Waals surface area (Å²) >= 11 is 11.9. The van der Waals surface area contributed by atoms with Crippen LogP contribution in [0.15, 0.2) is 12.1 Å². The molecule has 3 N–H and O–H groups in total. The number of hydrogen-bond donors (Lipinski definition) is 2. The lowest BCUT2D eigenvalue weighted by atomic mass is 10.0. The van der Waals surface area contributed by atoms with Crippen LogP contribution >= 0.6 is 23.2 Å². The van der Waals surface area contributed by atoms with Crippen LogP contribution in [0.4, 0.5) is 0 Å². The summed E-state index contributed by atoms with van der Waals surface area (Å²) in [7, 11) is 0. The van der Waals surface area contributed by atoms with Crippen LogP contribution in [0.3, 0.4) is 0 Å². The van der Waals surface area contributed by atoms with Crippen LogP contribution in [0.2, 0.25) is 10.0 Å². The lowest BCUT2D eigenvalue weighted by Crippen LogP contribution is -2.13. The molecular weight excluding hydrogens is 257 g/mol. The van der Waals surface area contributed by atoms with E-state index in [0.29, 0.717) is 16.6 Å². The van der Waals surface area contributed by atoms with Gasteiger partial charge in [0.15, 0.2) is 0 Å². The average Bonchev–Trinajstić information content (AvgIpc) is 2.69. The zero-order valence-electron chi connectivity index (χ0n) is 9.63. The fourth-order valence-electron chi connectivity index (χ4n) is 1.93. The van der Waals surface area contributed by atoms with Gasteiger partial charge in [-0.3, -0.25) is 0 Å². The molecule has 17 heavy (non-hydrogen) atoms. The standard InChI is InChI=1S/C12H15Cl2N3/c1-2-3-7(6-15)12-16-10-4-8(13)9(14)5-11(10)17-12/h4-5,7H,2-3,6,15H2,1H3,(H,16,17). The summed E-state index contributed by atoms with van der Waals surface area (Å²) < 4.78 is 0. The lowest BCUT2D eigenvalue weighted by Gasteiger charge is -2.09. The number of nitrogens with one attached hydrogen (secondary N) is 1. The molecule has 92 valence electrons. The zero-order chi connectivity index (χ0) is 12.4. The number of hydrogen-bond acceptors (Lipinski definition) is 2. The predicted molar refractivity (Wildman–Crippen MR) is 72.8 cm³/mol. The lowest BCUT2D eigenvalue weighted by molar-refractivity contribution is 0.596. The van der Waals surface area contributed by atoms with Gasteiger partial charge in [0.05, 0.1) is 21.1 Å². The second-order valence-electron chi connectivity index (χ2n) is 4.13. The normalized spacial score (nSPS) is 13.2. The number of nitrogens with zero attached hydrogens (tertiary/aromatic N) is 1. The molecule has 1 aromatic heterocycles. The van der Waals surface area contributed by atoms with E-state index in [1.807, 2.05) is 0 Å². The minimum atomic E-state index is 0.268. The first-order valence-corrected chi connectivity index (χ1v) is 6.46. The Kier molecular flexibility index (Phi) is 3.92. The van der Waals surface area contributed by atoms with Crippen molar-refractivity contribution in [2.75, 3.05) is 6.54 Å². The highest BCUT2D eigenvalue weighted by molar-refractivity contribution is 6.42. The van der Waals surface area contributed by atoms with Gasteiger partial charge in [0, 0.05) is 12.5 Å². The van der Waals surface area contributed by atoms with Crippen molar-refractivity contribution in [3.05, 3.63) is 28.0 Å². The predicted octanol–water partition coefficient (Wildman–Crippen LogP) is 3.71. The number of H-pyrrole nitrogens is 1. The molecule has 0 saturated heterocycles. The molecule has 1 atom stereocenters. The molecule has 5 heteroatoms. The van der Waals surface area contributed by atoms with Gasteiger partial charge < -0.3 is 10.7 Å². The Bertz CT molecular complexity index is 483. The van der Waals surface area contributed by atoms with Crippen LogP contribution in [0.5, 0.6) is 0 Å². The van der Waals surface area contributed by atoms with Gasteiger partial charge in [-0.1, -0.05) is 36.5 Å². The van der Waals surface area contributed by atoms with Gasteiger partial charge in [-0.15, -0.1) is 0 Å². The number of imidazole rings is 1. The monoisotopic (exact) mass is 271 g/mol. The molecule has 0 saturated carbocycles. The third-order valence-corrected chi connectivity index (χ3v) is 3.57. The first kappa shape index (κ1) is 12.7. The number of halogens is 2. The summed E-state index contributed by atoms with van der Waals surface area (Å²) in [5, 5.41) is 1.06. The van der Waals surface area contributed by atoms with E-state index < -0.39 is 0 Å². The van der Waals surface area contributed by atoms with Crippen molar-refractivity contribution >= 4 is 34.2 Å². The second-order valence-corrected chi connectivity index (χ2v) is 4.94. The maximum atomic E-state index is 5.97. The topological polar surface area (TPSA) is 54.7 Å².